The van der Waals surface area contributed by atoms with Gasteiger partial charge >= 0.3 is 0 Å². The minimum absolute atomic E-state index is 0.302. The fourth-order valence-electron chi connectivity index (χ4n) is 4.16. The third-order valence-corrected chi connectivity index (χ3v) is 7.99. The van der Waals surface area contributed by atoms with E-state index in [1.807, 2.05) is 18.2 Å². The third kappa shape index (κ3) is 5.24. The first kappa shape index (κ1) is 23.4. The Kier molecular flexibility index (Phi) is 7.37. The van der Waals surface area contributed by atoms with E-state index in [2.05, 4.69) is 57.9 Å². The van der Waals surface area contributed by atoms with Crippen molar-refractivity contribution in [3.63, 3.8) is 0 Å². The lowest BCUT2D eigenvalue weighted by atomic mass is 10.2. The van der Waals surface area contributed by atoms with Crippen LogP contribution in [0.5, 0.6) is 0 Å². The van der Waals surface area contributed by atoms with Crippen molar-refractivity contribution in [1.29, 1.82) is 0 Å². The molecular weight excluding hydrogens is 434 g/mol. The van der Waals surface area contributed by atoms with Gasteiger partial charge in [0.2, 0.25) is 10.0 Å². The van der Waals surface area contributed by atoms with Gasteiger partial charge in [0.05, 0.1) is 10.4 Å². The standard InChI is InChI=1S/C25H31N5O2S/c1-3-29(4-2)25-23-19-22(12-13-24(23)26-20-27-25)33(31,32)30-17-15-28(16-18-30)14-8-11-21-9-6-5-7-10-21/h5-13,19-20H,3-4,14-18H2,1-2H3. The molecule has 0 bridgehead atoms. The fourth-order valence-corrected chi connectivity index (χ4v) is 5.61. The molecule has 0 atom stereocenters. The fraction of sp³-hybridized carbons (Fsp3) is 0.360. The van der Waals surface area contributed by atoms with E-state index in [1.54, 1.807) is 22.5 Å². The van der Waals surface area contributed by atoms with Gasteiger partial charge in [-0.3, -0.25) is 4.90 Å². The third-order valence-electron chi connectivity index (χ3n) is 6.09. The van der Waals surface area contributed by atoms with Crippen LogP contribution in [0.3, 0.4) is 0 Å². The summed E-state index contributed by atoms with van der Waals surface area (Å²) in [5, 5.41) is 0.770. The lowest BCUT2D eigenvalue weighted by Crippen LogP contribution is -2.48. The number of nitrogens with zero attached hydrogens (tertiary/aromatic N) is 5. The highest BCUT2D eigenvalue weighted by molar-refractivity contribution is 7.89. The predicted octanol–water partition coefficient (Wildman–Crippen LogP) is 3.50. The Labute approximate surface area is 196 Å². The zero-order chi connectivity index (χ0) is 23.3. The molecule has 2 aromatic carbocycles. The summed E-state index contributed by atoms with van der Waals surface area (Å²) in [4.78, 5) is 13.5. The second-order valence-electron chi connectivity index (χ2n) is 8.07. The number of sulfonamides is 1. The highest BCUT2D eigenvalue weighted by Gasteiger charge is 2.28. The molecule has 1 fully saturated rings. The summed E-state index contributed by atoms with van der Waals surface area (Å²) in [6.45, 7) is 8.89. The minimum Gasteiger partial charge on any atom is -0.357 e. The van der Waals surface area contributed by atoms with Gasteiger partial charge in [0, 0.05) is 51.2 Å². The van der Waals surface area contributed by atoms with Crippen molar-refractivity contribution in [3.05, 3.63) is 66.5 Å². The molecule has 33 heavy (non-hydrogen) atoms. The summed E-state index contributed by atoms with van der Waals surface area (Å²) in [7, 11) is -3.58. The maximum absolute atomic E-state index is 13.4. The molecule has 0 N–H and O–H groups in total. The predicted molar refractivity (Wildman–Crippen MR) is 134 cm³/mol. The van der Waals surface area contributed by atoms with Crippen molar-refractivity contribution in [1.82, 2.24) is 19.2 Å². The van der Waals surface area contributed by atoms with E-state index in [9.17, 15) is 8.42 Å². The van der Waals surface area contributed by atoms with Gasteiger partial charge < -0.3 is 4.90 Å². The summed E-state index contributed by atoms with van der Waals surface area (Å²) >= 11 is 0. The number of hydrogen-bond acceptors (Lipinski definition) is 6. The molecule has 0 radical (unpaired) electrons. The Bertz CT molecular complexity index is 1200. The topological polar surface area (TPSA) is 69.6 Å². The first-order chi connectivity index (χ1) is 16.0. The van der Waals surface area contributed by atoms with Crippen molar-refractivity contribution >= 4 is 32.8 Å². The summed E-state index contributed by atoms with van der Waals surface area (Å²) in [5.74, 6) is 0.775. The molecule has 1 saturated heterocycles. The lowest BCUT2D eigenvalue weighted by molar-refractivity contribution is 0.204. The molecule has 7 nitrogen and oxygen atoms in total. The molecule has 0 aliphatic carbocycles. The molecule has 174 valence electrons. The summed E-state index contributed by atoms with van der Waals surface area (Å²) in [6.07, 6.45) is 5.78. The van der Waals surface area contributed by atoms with Gasteiger partial charge in [-0.05, 0) is 37.6 Å². The van der Waals surface area contributed by atoms with Crippen LogP contribution in [-0.4, -0.2) is 73.4 Å². The second kappa shape index (κ2) is 10.4. The maximum Gasteiger partial charge on any atom is 0.243 e. The molecular formula is C25H31N5O2S. The van der Waals surface area contributed by atoms with Gasteiger partial charge in [-0.2, -0.15) is 4.31 Å². The van der Waals surface area contributed by atoms with Crippen molar-refractivity contribution in [2.24, 2.45) is 0 Å². The number of fused-ring (bicyclic) bond motifs is 1. The average molecular weight is 466 g/mol. The molecule has 0 spiro atoms. The van der Waals surface area contributed by atoms with Crippen molar-refractivity contribution < 1.29 is 8.42 Å². The zero-order valence-corrected chi connectivity index (χ0v) is 20.1. The minimum atomic E-state index is -3.58. The molecule has 3 aromatic rings. The van der Waals surface area contributed by atoms with E-state index in [-0.39, 0.29) is 0 Å². The largest absolute Gasteiger partial charge is 0.357 e. The Morgan fingerprint density at radius 3 is 2.39 bits per heavy atom. The van der Waals surface area contributed by atoms with Crippen LogP contribution in [0.4, 0.5) is 5.82 Å². The van der Waals surface area contributed by atoms with Crippen molar-refractivity contribution in [2.45, 2.75) is 18.7 Å². The normalized spacial score (nSPS) is 15.9. The van der Waals surface area contributed by atoms with Crippen molar-refractivity contribution in [3.8, 4) is 0 Å². The molecule has 2 heterocycles. The Hall–Kier alpha value is -2.81. The van der Waals surface area contributed by atoms with Gasteiger partial charge in [-0.15, -0.1) is 0 Å². The highest BCUT2D eigenvalue weighted by Crippen LogP contribution is 2.27. The van der Waals surface area contributed by atoms with Gasteiger partial charge in [0.15, 0.2) is 0 Å². The van der Waals surface area contributed by atoms with E-state index >= 15 is 0 Å². The Morgan fingerprint density at radius 2 is 1.70 bits per heavy atom. The molecule has 0 unspecified atom stereocenters. The zero-order valence-electron chi connectivity index (χ0n) is 19.3. The lowest BCUT2D eigenvalue weighted by Gasteiger charge is -2.33. The van der Waals surface area contributed by atoms with E-state index in [1.165, 1.54) is 11.9 Å². The van der Waals surface area contributed by atoms with Gasteiger partial charge in [-0.25, -0.2) is 18.4 Å². The van der Waals surface area contributed by atoms with Crippen LogP contribution < -0.4 is 4.90 Å². The van der Waals surface area contributed by atoms with Gasteiger partial charge in [-0.1, -0.05) is 42.5 Å². The molecule has 8 heteroatoms. The van der Waals surface area contributed by atoms with E-state index in [0.717, 1.165) is 36.4 Å². The molecule has 0 saturated carbocycles. The second-order valence-corrected chi connectivity index (χ2v) is 10.0. The van der Waals surface area contributed by atoms with E-state index < -0.39 is 10.0 Å². The summed E-state index contributed by atoms with van der Waals surface area (Å²) < 4.78 is 28.4. The molecule has 1 aliphatic rings. The van der Waals surface area contributed by atoms with Crippen molar-refractivity contribution in [2.75, 3.05) is 50.7 Å². The smallest absolute Gasteiger partial charge is 0.243 e. The number of rotatable bonds is 8. The van der Waals surface area contributed by atoms with Crippen LogP contribution in [0.1, 0.15) is 19.4 Å². The SMILES string of the molecule is CCN(CC)c1ncnc2ccc(S(=O)(=O)N3CCN(CC=Cc4ccccc4)CC3)cc12. The molecule has 4 rings (SSSR count). The monoisotopic (exact) mass is 465 g/mol. The van der Waals surface area contributed by atoms with Crippen LogP contribution in [0.15, 0.2) is 65.8 Å². The number of aromatic nitrogens is 2. The first-order valence-electron chi connectivity index (χ1n) is 11.5. The Balaban J connectivity index is 1.46. The summed E-state index contributed by atoms with van der Waals surface area (Å²) in [6, 6.07) is 15.4. The van der Waals surface area contributed by atoms with Gasteiger partial charge in [0.25, 0.3) is 0 Å². The Morgan fingerprint density at radius 1 is 0.970 bits per heavy atom. The van der Waals surface area contributed by atoms with Crippen LogP contribution in [0.2, 0.25) is 0 Å². The van der Waals surface area contributed by atoms with E-state index in [4.69, 9.17) is 0 Å². The van der Waals surface area contributed by atoms with Crippen LogP contribution in [0, 0.1) is 0 Å². The maximum atomic E-state index is 13.4. The highest BCUT2D eigenvalue weighted by atomic mass is 32.2. The number of hydrogen-bond donors (Lipinski definition) is 0. The van der Waals surface area contributed by atoms with Crippen LogP contribution in [-0.2, 0) is 10.0 Å². The quantitative estimate of drug-likeness (QED) is 0.507. The van der Waals surface area contributed by atoms with Crippen LogP contribution >= 0.6 is 0 Å². The molecule has 1 aliphatic heterocycles. The molecule has 0 amide bonds. The molecule has 1 aromatic heterocycles. The summed E-state index contributed by atoms with van der Waals surface area (Å²) in [5.41, 5.74) is 1.92. The average Bonchev–Trinajstić information content (AvgIpc) is 2.85. The van der Waals surface area contributed by atoms with Crippen LogP contribution in [0.25, 0.3) is 17.0 Å². The number of piperazine rings is 1. The number of benzene rings is 2. The number of anilines is 1. The first-order valence-corrected chi connectivity index (χ1v) is 12.9. The van der Waals surface area contributed by atoms with Gasteiger partial charge in [0.1, 0.15) is 12.1 Å². The van der Waals surface area contributed by atoms with E-state index in [0.29, 0.717) is 31.1 Å².